The number of imidazole rings is 3. The molecule has 15 N–H and O–H groups in total. The summed E-state index contributed by atoms with van der Waals surface area (Å²) >= 11 is 0. The number of hydrogen-bond acceptors (Lipinski definition) is 28. The molecular formula is C36H52N15O23P4+. The van der Waals surface area contributed by atoms with Gasteiger partial charge in [-0.05, 0) is 6.42 Å². The zero-order chi connectivity index (χ0) is 56.4. The number of nitrogens with one attached hydrogen (secondary N) is 2. The van der Waals surface area contributed by atoms with Crippen molar-refractivity contribution in [2.24, 2.45) is 13.0 Å². The summed E-state index contributed by atoms with van der Waals surface area (Å²) in [5.74, 6) is -3.38. The van der Waals surface area contributed by atoms with Gasteiger partial charge in [-0.3, -0.25) is 56.0 Å². The number of phosphoric acid groups is 2. The number of ether oxygens (including phenoxy) is 5. The summed E-state index contributed by atoms with van der Waals surface area (Å²) in [4.78, 5) is 97.3. The standard InChI is InChI=1S/C36H51N15O23P4/c1-48-12-51(29-20(48)31(56)47-36(39)45-29)32-21(52)14(4-5-65-2)15(70-32)6-69-78(63,64)74-76(59,60)13-75(57,58)67-8-17-24(25(66-3)34(72-17)49-10-42-18-26(37)40-9-41-27(18)49)73-77(61,62)68-7-16-22(53)23(54)33(71-16)50-11-43-19-28(50)44-35(38)46-30(19)55/h9-12,14-17,21-25,32-34,52-54H,4-8,13H2,1-3H3,(H11-,37,38,39,40,41,44,45,46,47,55,56,57,58,59,60,61,62,63,64)/p+1/t14-,15-,16-,17-,21-,22-,23-,24-,25-,32-,33-,34-/m1/s1. The van der Waals surface area contributed by atoms with Crippen LogP contribution in [0.4, 0.5) is 17.7 Å². The maximum atomic E-state index is 13.8. The van der Waals surface area contributed by atoms with Gasteiger partial charge in [0.2, 0.25) is 17.7 Å². The number of aromatic nitrogens is 12. The van der Waals surface area contributed by atoms with Crippen molar-refractivity contribution < 1.29 is 104 Å². The second kappa shape index (κ2) is 22.1. The molecule has 3 aliphatic heterocycles. The molecule has 3 saturated heterocycles. The third-order valence-corrected chi connectivity index (χ3v) is 19.3. The van der Waals surface area contributed by atoms with Gasteiger partial charge >= 0.3 is 36.5 Å². The number of aliphatic hydroxyl groups excluding tert-OH is 3. The lowest BCUT2D eigenvalue weighted by molar-refractivity contribution is -0.745. The van der Waals surface area contributed by atoms with E-state index >= 15 is 0 Å². The first-order valence-electron chi connectivity index (χ1n) is 22.8. The molecule has 9 rings (SSSR count). The SMILES string of the molecule is COCC[C@H]1[C@@H](O)[C@H]([n+]2cn(C)c3c(=O)[nH]c(N)nc32)O[C@@H]1COP(=O)(O)OP(=O)(O)CP(=O)(O)OC[C@H]1O[C@@H](n2cnc3c(N)ncnc32)[C@H](OC)[C@@H]1OP(=O)(O)OC[C@H]1O[C@@H](n2cnc3c(=O)[nH]c(N)nc32)[C@H](O)[C@@H]1O. The van der Waals surface area contributed by atoms with E-state index in [0.717, 1.165) is 24.3 Å². The normalized spacial score (nSPS) is 29.8. The van der Waals surface area contributed by atoms with Gasteiger partial charge in [-0.2, -0.15) is 4.98 Å². The van der Waals surface area contributed by atoms with Crippen molar-refractivity contribution in [2.45, 2.75) is 73.9 Å². The molecule has 0 aliphatic carbocycles. The number of rotatable bonds is 22. The number of aromatic amines is 2. The van der Waals surface area contributed by atoms with E-state index in [-0.39, 0.29) is 64.2 Å². The number of aliphatic hydroxyl groups is 3. The maximum Gasteiger partial charge on any atom is 0.479 e. The van der Waals surface area contributed by atoms with E-state index in [1.807, 2.05) is 0 Å². The molecule has 0 aromatic carbocycles. The first kappa shape index (κ1) is 57.6. The Morgan fingerprint density at radius 3 is 2.08 bits per heavy atom. The van der Waals surface area contributed by atoms with Crippen molar-refractivity contribution in [3.8, 4) is 0 Å². The summed E-state index contributed by atoms with van der Waals surface area (Å²) in [6.07, 6.45) is -12.2. The van der Waals surface area contributed by atoms with Gasteiger partial charge in [-0.1, -0.05) is 4.98 Å². The molecule has 428 valence electrons. The second-order valence-corrected chi connectivity index (χ2v) is 25.0. The van der Waals surface area contributed by atoms with Crippen LogP contribution in [-0.2, 0) is 71.4 Å². The Hall–Kier alpha value is -5.11. The van der Waals surface area contributed by atoms with Gasteiger partial charge in [-0.15, -0.1) is 0 Å². The number of anilines is 3. The van der Waals surface area contributed by atoms with Crippen LogP contribution < -0.4 is 32.9 Å². The highest BCUT2D eigenvalue weighted by atomic mass is 31.3. The number of nitrogen functional groups attached to an aromatic ring is 3. The van der Waals surface area contributed by atoms with E-state index in [1.54, 1.807) is 0 Å². The summed E-state index contributed by atoms with van der Waals surface area (Å²) in [7, 11) is -18.2. The summed E-state index contributed by atoms with van der Waals surface area (Å²) in [5, 5.41) is 33.2. The summed E-state index contributed by atoms with van der Waals surface area (Å²) in [5.41, 5.74) is 15.9. The van der Waals surface area contributed by atoms with E-state index in [1.165, 1.54) is 40.5 Å². The van der Waals surface area contributed by atoms with E-state index in [0.29, 0.717) is 0 Å². The molecule has 6 aromatic rings. The predicted octanol–water partition coefficient (Wildman–Crippen LogP) is -3.31. The molecule has 3 fully saturated rings. The average Bonchev–Trinajstić information content (AvgIpc) is 4.39. The van der Waals surface area contributed by atoms with Crippen LogP contribution in [0.25, 0.3) is 33.5 Å². The van der Waals surface area contributed by atoms with Crippen LogP contribution in [0.2, 0.25) is 0 Å². The largest absolute Gasteiger partial charge is 0.479 e. The van der Waals surface area contributed by atoms with Gasteiger partial charge in [0, 0.05) is 26.7 Å². The lowest BCUT2D eigenvalue weighted by atomic mass is 9.95. The topological polar surface area (TPSA) is 542 Å². The second-order valence-electron chi connectivity index (χ2n) is 17.8. The quantitative estimate of drug-likeness (QED) is 0.0234. The fourth-order valence-corrected chi connectivity index (χ4v) is 15.1. The molecule has 0 bridgehead atoms. The van der Waals surface area contributed by atoms with Crippen molar-refractivity contribution >= 4 is 82.0 Å². The lowest BCUT2D eigenvalue weighted by Crippen LogP contribution is -2.45. The molecule has 9 heterocycles. The first-order valence-corrected chi connectivity index (χ1v) is 29.3. The number of phosphoric ester groups is 2. The van der Waals surface area contributed by atoms with Crippen LogP contribution in [0.15, 0.2) is 34.9 Å². The number of H-pyrrole nitrogens is 2. The number of hydrogen-bond donors (Lipinski definition) is 12. The molecule has 0 saturated carbocycles. The summed E-state index contributed by atoms with van der Waals surface area (Å²) < 4.78 is 113. The van der Waals surface area contributed by atoms with E-state index in [2.05, 4.69) is 44.2 Å². The molecule has 78 heavy (non-hydrogen) atoms. The van der Waals surface area contributed by atoms with Crippen molar-refractivity contribution in [1.82, 2.24) is 53.6 Å². The molecule has 0 radical (unpaired) electrons. The van der Waals surface area contributed by atoms with Gasteiger partial charge < -0.3 is 80.3 Å². The molecule has 4 unspecified atom stereocenters. The Morgan fingerprint density at radius 2 is 1.36 bits per heavy atom. The van der Waals surface area contributed by atoms with Crippen LogP contribution in [0, 0.1) is 5.92 Å². The Labute approximate surface area is 435 Å². The third-order valence-electron chi connectivity index (χ3n) is 12.6. The Bertz CT molecular complexity index is 3530. The fraction of sp³-hybridized carbons (Fsp3) is 0.583. The van der Waals surface area contributed by atoms with Crippen LogP contribution in [0.3, 0.4) is 0 Å². The highest BCUT2D eigenvalue weighted by Crippen LogP contribution is 2.66. The number of nitrogens with zero attached hydrogens (tertiary/aromatic N) is 10. The number of nitrogens with two attached hydrogens (primary N) is 3. The molecule has 3 aliphatic rings. The molecular weight excluding hydrogens is 1130 g/mol. The number of methoxy groups -OCH3 is 2. The van der Waals surface area contributed by atoms with Gasteiger partial charge in [0.05, 0.1) is 45.6 Å². The monoisotopic (exact) mass is 1190 g/mol. The Morgan fingerprint density at radius 1 is 0.718 bits per heavy atom. The lowest BCUT2D eigenvalue weighted by Gasteiger charge is -2.26. The van der Waals surface area contributed by atoms with Crippen molar-refractivity contribution in [1.29, 1.82) is 0 Å². The van der Waals surface area contributed by atoms with Gasteiger partial charge in [0.25, 0.3) is 17.1 Å². The van der Waals surface area contributed by atoms with E-state index in [9.17, 15) is 62.7 Å². The number of aryl methyl sites for hydroxylation is 1. The Balaban J connectivity index is 0.871. The predicted molar refractivity (Wildman–Crippen MR) is 257 cm³/mol. The van der Waals surface area contributed by atoms with Gasteiger partial charge in [0.15, 0.2) is 47.3 Å². The van der Waals surface area contributed by atoms with Crippen LogP contribution in [0.5, 0.6) is 0 Å². The van der Waals surface area contributed by atoms with Crippen LogP contribution in [0.1, 0.15) is 25.1 Å². The number of fused-ring (bicyclic) bond motifs is 3. The highest BCUT2D eigenvalue weighted by Gasteiger charge is 2.54. The zero-order valence-corrected chi connectivity index (χ0v) is 44.2. The molecule has 6 aromatic heterocycles. The third kappa shape index (κ3) is 11.7. The summed E-state index contributed by atoms with van der Waals surface area (Å²) in [6, 6.07) is 0. The van der Waals surface area contributed by atoms with Crippen molar-refractivity contribution in [3.63, 3.8) is 0 Å². The summed E-state index contributed by atoms with van der Waals surface area (Å²) in [6.45, 7) is -2.91. The molecule has 42 heteroatoms. The Kier molecular flexibility index (Phi) is 16.3. The zero-order valence-electron chi connectivity index (χ0n) is 40.6. The molecule has 0 amide bonds. The molecule has 0 spiro atoms. The minimum Gasteiger partial charge on any atom is -0.387 e. The highest BCUT2D eigenvalue weighted by molar-refractivity contribution is 7.74. The minimum atomic E-state index is -5.68. The first-order chi connectivity index (χ1) is 36.7. The van der Waals surface area contributed by atoms with E-state index < -0.39 is 141 Å². The average molecular weight is 1190 g/mol. The fourth-order valence-electron chi connectivity index (χ4n) is 9.16. The van der Waals surface area contributed by atoms with Crippen molar-refractivity contribution in [3.05, 3.63) is 46.0 Å². The smallest absolute Gasteiger partial charge is 0.387 e. The van der Waals surface area contributed by atoms with E-state index in [4.69, 9.17) is 59.0 Å². The molecule has 16 atom stereocenters. The van der Waals surface area contributed by atoms with Crippen LogP contribution in [-0.4, -0.2) is 184 Å². The minimum absolute atomic E-state index is 0.00988. The maximum absolute atomic E-state index is 13.8. The van der Waals surface area contributed by atoms with Gasteiger partial charge in [-0.25, -0.2) is 37.9 Å². The van der Waals surface area contributed by atoms with Crippen LogP contribution >= 0.6 is 30.8 Å². The van der Waals surface area contributed by atoms with Gasteiger partial charge in [0.1, 0.15) is 54.6 Å². The molecule has 38 nitrogen and oxygen atoms in total. The van der Waals surface area contributed by atoms with Crippen molar-refractivity contribution in [2.75, 3.05) is 63.8 Å².